The molecule has 38 heavy (non-hydrogen) atoms. The number of benzene rings is 2. The van der Waals surface area contributed by atoms with E-state index in [1.54, 1.807) is 24.9 Å². The lowest BCUT2D eigenvalue weighted by molar-refractivity contribution is 0.0376. The Labute approximate surface area is 220 Å². The van der Waals surface area contributed by atoms with Crippen molar-refractivity contribution in [3.05, 3.63) is 109 Å². The van der Waals surface area contributed by atoms with Crippen molar-refractivity contribution in [1.29, 1.82) is 0 Å². The predicted octanol–water partition coefficient (Wildman–Crippen LogP) is 4.98. The molecule has 3 heterocycles. The number of nitrogens with one attached hydrogen (secondary N) is 1. The van der Waals surface area contributed by atoms with E-state index in [9.17, 15) is 4.79 Å². The van der Waals surface area contributed by atoms with Crippen molar-refractivity contribution in [3.63, 3.8) is 0 Å². The third kappa shape index (κ3) is 5.34. The summed E-state index contributed by atoms with van der Waals surface area (Å²) in [6, 6.07) is 23.0. The smallest absolute Gasteiger partial charge is 0.251 e. The molecule has 1 aliphatic carbocycles. The van der Waals surface area contributed by atoms with Gasteiger partial charge < -0.3 is 14.8 Å². The van der Waals surface area contributed by atoms with E-state index >= 15 is 0 Å². The molecule has 0 radical (unpaired) electrons. The lowest BCUT2D eigenvalue weighted by Gasteiger charge is -2.35. The highest BCUT2D eigenvalue weighted by molar-refractivity contribution is 5.97. The Morgan fingerprint density at radius 3 is 2.66 bits per heavy atom. The van der Waals surface area contributed by atoms with Gasteiger partial charge in [0.2, 0.25) is 5.88 Å². The summed E-state index contributed by atoms with van der Waals surface area (Å²) in [4.78, 5) is 25.4. The molecule has 5 aromatic rings. The Morgan fingerprint density at radius 2 is 1.87 bits per heavy atom. The Balaban J connectivity index is 1.04. The first kappa shape index (κ1) is 23.7. The first-order chi connectivity index (χ1) is 18.7. The zero-order chi connectivity index (χ0) is 25.7. The number of carbonyl (C=O) groups is 1. The monoisotopic (exact) mass is 505 g/mol. The number of rotatable bonds is 9. The maximum atomic E-state index is 12.6. The fourth-order valence-electron chi connectivity index (χ4n) is 4.57. The Morgan fingerprint density at radius 1 is 0.974 bits per heavy atom. The third-order valence-electron chi connectivity index (χ3n) is 6.70. The minimum Gasteiger partial charge on any atom is -0.490 e. The number of hydrogen-bond donors (Lipinski definition) is 1. The number of imidazole rings is 1. The van der Waals surface area contributed by atoms with Gasteiger partial charge in [0.1, 0.15) is 12.1 Å². The molecule has 190 valence electrons. The van der Waals surface area contributed by atoms with Gasteiger partial charge in [-0.25, -0.2) is 9.97 Å². The number of ether oxygens (including phenoxy) is 2. The van der Waals surface area contributed by atoms with Crippen molar-refractivity contribution in [1.82, 2.24) is 24.8 Å². The summed E-state index contributed by atoms with van der Waals surface area (Å²) < 4.78 is 13.9. The van der Waals surface area contributed by atoms with E-state index in [0.717, 1.165) is 40.9 Å². The second-order valence-corrected chi connectivity index (χ2v) is 9.41. The molecule has 1 N–H and O–H groups in total. The van der Waals surface area contributed by atoms with Gasteiger partial charge in [0.05, 0.1) is 23.7 Å². The van der Waals surface area contributed by atoms with Crippen LogP contribution in [-0.4, -0.2) is 38.1 Å². The van der Waals surface area contributed by atoms with E-state index in [1.807, 2.05) is 77.4 Å². The summed E-state index contributed by atoms with van der Waals surface area (Å²) in [6.45, 7) is 1.09. The number of hydrogen-bond acceptors (Lipinski definition) is 6. The number of fused-ring (bicyclic) bond motifs is 1. The fourth-order valence-corrected chi connectivity index (χ4v) is 4.57. The van der Waals surface area contributed by atoms with Crippen molar-refractivity contribution in [2.45, 2.75) is 25.5 Å². The minimum atomic E-state index is -0.145. The van der Waals surface area contributed by atoms with Gasteiger partial charge in [-0.15, -0.1) is 0 Å². The second-order valence-electron chi connectivity index (χ2n) is 9.41. The molecule has 0 aliphatic heterocycles. The SMILES string of the molecule is O=C(NCc1cccnc1)c1ccc2c(c1)ncn2-c1ccc(OC2CC(COc3ccccn3)C2)cc1. The van der Waals surface area contributed by atoms with Gasteiger partial charge in [-0.3, -0.25) is 14.3 Å². The summed E-state index contributed by atoms with van der Waals surface area (Å²) in [5.41, 5.74) is 4.18. The quantitative estimate of drug-likeness (QED) is 0.304. The maximum Gasteiger partial charge on any atom is 0.251 e. The predicted molar refractivity (Wildman–Crippen MR) is 143 cm³/mol. The standard InChI is InChI=1S/C30H27N5O3/c36-30(33-18-21-4-3-12-31-17-21)23-6-11-28-27(16-23)34-20-35(28)24-7-9-25(10-8-24)38-26-14-22(15-26)19-37-29-5-1-2-13-32-29/h1-13,16-17,20,22,26H,14-15,18-19H2,(H,33,36). The van der Waals surface area contributed by atoms with Crippen LogP contribution in [0.1, 0.15) is 28.8 Å². The topological polar surface area (TPSA) is 91.2 Å². The molecule has 8 nitrogen and oxygen atoms in total. The molecule has 1 amide bonds. The van der Waals surface area contributed by atoms with Crippen molar-refractivity contribution >= 4 is 16.9 Å². The van der Waals surface area contributed by atoms with Crippen LogP contribution in [-0.2, 0) is 6.54 Å². The van der Waals surface area contributed by atoms with E-state index in [0.29, 0.717) is 30.5 Å². The summed E-state index contributed by atoms with van der Waals surface area (Å²) in [5.74, 6) is 1.86. The molecule has 1 aliphatic rings. The molecule has 0 atom stereocenters. The molecule has 0 spiro atoms. The van der Waals surface area contributed by atoms with Gasteiger partial charge in [0.15, 0.2) is 0 Å². The number of nitrogens with zero attached hydrogens (tertiary/aromatic N) is 4. The van der Waals surface area contributed by atoms with E-state index < -0.39 is 0 Å². The van der Waals surface area contributed by atoms with Gasteiger partial charge in [-0.2, -0.15) is 0 Å². The Bertz CT molecular complexity index is 1510. The van der Waals surface area contributed by atoms with E-state index in [-0.39, 0.29) is 12.0 Å². The summed E-state index contributed by atoms with van der Waals surface area (Å²) in [7, 11) is 0. The first-order valence-corrected chi connectivity index (χ1v) is 12.7. The molecule has 1 fully saturated rings. The molecule has 6 rings (SSSR count). The van der Waals surface area contributed by atoms with Crippen molar-refractivity contribution in [2.75, 3.05) is 6.61 Å². The van der Waals surface area contributed by atoms with Crippen LogP contribution in [0.2, 0.25) is 0 Å². The van der Waals surface area contributed by atoms with E-state index in [4.69, 9.17) is 9.47 Å². The molecule has 3 aromatic heterocycles. The molecule has 8 heteroatoms. The zero-order valence-electron chi connectivity index (χ0n) is 20.7. The van der Waals surface area contributed by atoms with Gasteiger partial charge in [0.25, 0.3) is 5.91 Å². The largest absolute Gasteiger partial charge is 0.490 e. The normalized spacial score (nSPS) is 16.5. The average Bonchev–Trinajstić information content (AvgIpc) is 3.38. The van der Waals surface area contributed by atoms with Crippen LogP contribution in [0, 0.1) is 5.92 Å². The van der Waals surface area contributed by atoms with Crippen LogP contribution < -0.4 is 14.8 Å². The lowest BCUT2D eigenvalue weighted by atomic mass is 9.83. The molecule has 0 bridgehead atoms. The van der Waals surface area contributed by atoms with E-state index in [1.165, 1.54) is 0 Å². The molecule has 1 saturated carbocycles. The minimum absolute atomic E-state index is 0.145. The van der Waals surface area contributed by atoms with Crippen molar-refractivity contribution < 1.29 is 14.3 Å². The highest BCUT2D eigenvalue weighted by Gasteiger charge is 2.31. The zero-order valence-corrected chi connectivity index (χ0v) is 20.7. The average molecular weight is 506 g/mol. The summed E-state index contributed by atoms with van der Waals surface area (Å²) in [5, 5.41) is 2.93. The highest BCUT2D eigenvalue weighted by atomic mass is 16.5. The molecule has 0 saturated heterocycles. The van der Waals surface area contributed by atoms with Gasteiger partial charge in [-0.05, 0) is 73.0 Å². The van der Waals surface area contributed by atoms with Crippen LogP contribution in [0.3, 0.4) is 0 Å². The fraction of sp³-hybridized carbons (Fsp3) is 0.200. The lowest BCUT2D eigenvalue weighted by Crippen LogP contribution is -2.37. The number of amides is 1. The summed E-state index contributed by atoms with van der Waals surface area (Å²) in [6.07, 6.45) is 9.11. The van der Waals surface area contributed by atoms with Crippen molar-refractivity contribution in [3.8, 4) is 17.3 Å². The van der Waals surface area contributed by atoms with Crippen LogP contribution in [0.25, 0.3) is 16.7 Å². The second kappa shape index (κ2) is 10.7. The molecular formula is C30H27N5O3. The summed E-state index contributed by atoms with van der Waals surface area (Å²) >= 11 is 0. The Kier molecular flexibility index (Phi) is 6.68. The van der Waals surface area contributed by atoms with Gasteiger partial charge in [0, 0.05) is 48.4 Å². The number of pyridine rings is 2. The first-order valence-electron chi connectivity index (χ1n) is 12.7. The maximum absolute atomic E-state index is 12.6. The van der Waals surface area contributed by atoms with E-state index in [2.05, 4.69) is 20.3 Å². The third-order valence-corrected chi connectivity index (χ3v) is 6.70. The molecule has 0 unspecified atom stereocenters. The van der Waals surface area contributed by atoms with Crippen LogP contribution in [0.5, 0.6) is 11.6 Å². The van der Waals surface area contributed by atoms with Crippen LogP contribution in [0.15, 0.2) is 97.7 Å². The molecular weight excluding hydrogens is 478 g/mol. The van der Waals surface area contributed by atoms with Gasteiger partial charge in [-0.1, -0.05) is 12.1 Å². The highest BCUT2D eigenvalue weighted by Crippen LogP contribution is 2.32. The van der Waals surface area contributed by atoms with Gasteiger partial charge >= 0.3 is 0 Å². The Hall–Kier alpha value is -4.72. The molecule has 2 aromatic carbocycles. The number of aromatic nitrogens is 4. The van der Waals surface area contributed by atoms with Crippen LogP contribution >= 0.6 is 0 Å². The van der Waals surface area contributed by atoms with Crippen molar-refractivity contribution in [2.24, 2.45) is 5.92 Å². The number of carbonyl (C=O) groups excluding carboxylic acids is 1. The van der Waals surface area contributed by atoms with Crippen LogP contribution in [0.4, 0.5) is 0 Å².